The van der Waals surface area contributed by atoms with Crippen molar-refractivity contribution in [2.24, 2.45) is 5.92 Å². The van der Waals surface area contributed by atoms with Gasteiger partial charge in [0.15, 0.2) is 0 Å². The Morgan fingerprint density at radius 3 is 1.36 bits per heavy atom. The number of hydrogen-bond acceptors (Lipinski definition) is 4. The second-order valence-electron chi connectivity index (χ2n) is 14.8. The fraction of sp³-hybridized carbons (Fsp3) is 0.227. The zero-order valence-electron chi connectivity index (χ0n) is 28.4. The van der Waals surface area contributed by atoms with Gasteiger partial charge in [-0.05, 0) is 142 Å². The minimum atomic E-state index is 0.316. The number of nitrogens with zero attached hydrogens (tertiary/aromatic N) is 2. The molecule has 10 rings (SSSR count). The molecule has 0 unspecified atom stereocenters. The first-order valence-corrected chi connectivity index (χ1v) is 18.1. The molecule has 246 valence electrons. The van der Waals surface area contributed by atoms with Gasteiger partial charge in [-0.15, -0.1) is 0 Å². The van der Waals surface area contributed by atoms with Crippen molar-refractivity contribution in [1.82, 2.24) is 30.6 Å². The first-order chi connectivity index (χ1) is 24.5. The van der Waals surface area contributed by atoms with Crippen molar-refractivity contribution in [2.75, 3.05) is 6.54 Å². The number of rotatable bonds is 5. The van der Waals surface area contributed by atoms with Gasteiger partial charge in [0, 0.05) is 6.04 Å². The SMILES string of the molecule is C[C@H]1CN[C@H](c2nc3ccc(-c4ccc5cc(-c6ccc7cc(-c8ccc9nc([C@@H]%10CC[C@@H](C)N%10)[nH]c9c8)ccc7c6)ccc5c4)cc3[nH]2)C1. The molecule has 2 aliphatic heterocycles. The quantitative estimate of drug-likeness (QED) is 0.149. The number of benzene rings is 6. The van der Waals surface area contributed by atoms with E-state index in [0.29, 0.717) is 24.0 Å². The Kier molecular flexibility index (Phi) is 6.90. The number of imidazole rings is 2. The smallest absolute Gasteiger partial charge is 0.124 e. The van der Waals surface area contributed by atoms with Crippen molar-refractivity contribution in [3.05, 3.63) is 121 Å². The van der Waals surface area contributed by atoms with Gasteiger partial charge in [0.2, 0.25) is 0 Å². The molecule has 6 nitrogen and oxygen atoms in total. The van der Waals surface area contributed by atoms with Crippen molar-refractivity contribution in [1.29, 1.82) is 0 Å². The second-order valence-corrected chi connectivity index (χ2v) is 14.8. The lowest BCUT2D eigenvalue weighted by molar-refractivity contribution is 0.565. The van der Waals surface area contributed by atoms with Crippen LogP contribution in [0.3, 0.4) is 0 Å². The van der Waals surface area contributed by atoms with Crippen LogP contribution in [0.2, 0.25) is 0 Å². The predicted molar refractivity (Wildman–Crippen MR) is 206 cm³/mol. The molecule has 0 saturated carbocycles. The molecule has 2 saturated heterocycles. The van der Waals surface area contributed by atoms with Crippen LogP contribution in [0.4, 0.5) is 0 Å². The van der Waals surface area contributed by atoms with Crippen LogP contribution >= 0.6 is 0 Å². The highest BCUT2D eigenvalue weighted by Crippen LogP contribution is 2.34. The third-order valence-corrected chi connectivity index (χ3v) is 11.1. The minimum Gasteiger partial charge on any atom is -0.341 e. The van der Waals surface area contributed by atoms with Crippen LogP contribution in [0, 0.1) is 5.92 Å². The van der Waals surface area contributed by atoms with Crippen molar-refractivity contribution in [3.8, 4) is 33.4 Å². The first-order valence-electron chi connectivity index (χ1n) is 18.1. The largest absolute Gasteiger partial charge is 0.341 e. The Labute approximate surface area is 291 Å². The van der Waals surface area contributed by atoms with Crippen molar-refractivity contribution in [3.63, 3.8) is 0 Å². The maximum atomic E-state index is 4.89. The maximum Gasteiger partial charge on any atom is 0.124 e. The topological polar surface area (TPSA) is 81.4 Å². The lowest BCUT2D eigenvalue weighted by Crippen LogP contribution is -2.21. The zero-order chi connectivity index (χ0) is 33.3. The van der Waals surface area contributed by atoms with E-state index in [1.165, 1.54) is 61.3 Å². The van der Waals surface area contributed by atoms with E-state index in [9.17, 15) is 0 Å². The molecule has 0 aliphatic carbocycles. The third-order valence-electron chi connectivity index (χ3n) is 11.1. The van der Waals surface area contributed by atoms with Gasteiger partial charge in [-0.3, -0.25) is 0 Å². The van der Waals surface area contributed by atoms with E-state index in [0.717, 1.165) is 53.1 Å². The summed E-state index contributed by atoms with van der Waals surface area (Å²) in [5.74, 6) is 2.78. The summed E-state index contributed by atoms with van der Waals surface area (Å²) in [6, 6.07) is 41.5. The summed E-state index contributed by atoms with van der Waals surface area (Å²) < 4.78 is 0. The molecule has 4 atom stereocenters. The molecule has 0 radical (unpaired) electrons. The van der Waals surface area contributed by atoms with E-state index in [1.807, 2.05) is 0 Å². The fourth-order valence-corrected chi connectivity index (χ4v) is 8.22. The Balaban J connectivity index is 0.899. The third kappa shape index (κ3) is 5.27. The maximum absolute atomic E-state index is 4.89. The highest BCUT2D eigenvalue weighted by Gasteiger charge is 2.25. The van der Waals surface area contributed by atoms with Crippen LogP contribution in [0.25, 0.3) is 77.0 Å². The molecule has 6 aromatic carbocycles. The Hall–Kier alpha value is -5.30. The number of aromatic amines is 2. The molecule has 4 N–H and O–H groups in total. The molecule has 2 aromatic heterocycles. The molecular weight excluding hydrogens is 613 g/mol. The summed E-state index contributed by atoms with van der Waals surface area (Å²) in [6.07, 6.45) is 3.45. The van der Waals surface area contributed by atoms with E-state index in [2.05, 4.69) is 144 Å². The van der Waals surface area contributed by atoms with Crippen LogP contribution in [0.1, 0.15) is 56.8 Å². The molecule has 6 heteroatoms. The van der Waals surface area contributed by atoms with Gasteiger partial charge in [-0.2, -0.15) is 0 Å². The van der Waals surface area contributed by atoms with Crippen LogP contribution in [0.5, 0.6) is 0 Å². The number of aromatic nitrogens is 4. The zero-order valence-corrected chi connectivity index (χ0v) is 28.4. The average Bonchev–Trinajstić information content (AvgIpc) is 3.96. The molecule has 0 spiro atoms. The van der Waals surface area contributed by atoms with Crippen LogP contribution in [-0.4, -0.2) is 32.5 Å². The first kappa shape index (κ1) is 29.6. The molecule has 2 aliphatic rings. The minimum absolute atomic E-state index is 0.316. The van der Waals surface area contributed by atoms with Gasteiger partial charge >= 0.3 is 0 Å². The van der Waals surface area contributed by atoms with Gasteiger partial charge in [-0.25, -0.2) is 9.97 Å². The summed E-state index contributed by atoms with van der Waals surface area (Å²) in [4.78, 5) is 17.0. The Morgan fingerprint density at radius 1 is 0.500 bits per heavy atom. The van der Waals surface area contributed by atoms with E-state index in [-0.39, 0.29) is 0 Å². The fourth-order valence-electron chi connectivity index (χ4n) is 8.22. The Morgan fingerprint density at radius 2 is 0.940 bits per heavy atom. The van der Waals surface area contributed by atoms with Gasteiger partial charge < -0.3 is 20.6 Å². The van der Waals surface area contributed by atoms with Crippen LogP contribution in [-0.2, 0) is 0 Å². The molecule has 4 heterocycles. The highest BCUT2D eigenvalue weighted by molar-refractivity contribution is 5.95. The van der Waals surface area contributed by atoms with Crippen molar-refractivity contribution >= 4 is 43.6 Å². The highest BCUT2D eigenvalue weighted by atomic mass is 15.1. The number of H-pyrrole nitrogens is 2. The summed E-state index contributed by atoms with van der Waals surface area (Å²) >= 11 is 0. The lowest BCUT2D eigenvalue weighted by Gasteiger charge is -2.09. The normalized spacial score (nSPS) is 20.9. The van der Waals surface area contributed by atoms with Gasteiger partial charge in [0.25, 0.3) is 0 Å². The molecular formula is C44H40N6. The number of hydrogen-bond donors (Lipinski definition) is 4. The van der Waals surface area contributed by atoms with E-state index in [1.54, 1.807) is 0 Å². The summed E-state index contributed by atoms with van der Waals surface area (Å²) in [5.41, 5.74) is 11.5. The molecule has 8 aromatic rings. The summed E-state index contributed by atoms with van der Waals surface area (Å²) in [5, 5.41) is 12.2. The van der Waals surface area contributed by atoms with E-state index in [4.69, 9.17) is 9.97 Å². The standard InChI is InChI=1S/C44H40N6/c1-25-17-42(45-24-25)44-48-38-16-13-36(23-41(38)50-44)34-11-9-30-19-28(5-7-32(30)21-34)27-4-6-31-20-33(10-8-29(31)18-27)35-12-15-37-40(22-35)49-43(47-37)39-14-3-26(2)46-39/h4-13,15-16,18-23,25-26,39,42,45-46H,3,14,17,24H2,1-2H3,(H,47,49)(H,48,50)/t25-,26-,39+,42+/m1/s1. The second kappa shape index (κ2) is 11.7. The van der Waals surface area contributed by atoms with E-state index < -0.39 is 0 Å². The van der Waals surface area contributed by atoms with E-state index >= 15 is 0 Å². The number of nitrogens with one attached hydrogen (secondary N) is 4. The molecule has 0 bridgehead atoms. The molecule has 50 heavy (non-hydrogen) atoms. The summed E-state index contributed by atoms with van der Waals surface area (Å²) in [7, 11) is 0. The van der Waals surface area contributed by atoms with Crippen molar-refractivity contribution < 1.29 is 0 Å². The molecule has 2 fully saturated rings. The monoisotopic (exact) mass is 652 g/mol. The lowest BCUT2D eigenvalue weighted by atomic mass is 9.95. The average molecular weight is 653 g/mol. The Bertz CT molecular complexity index is 2400. The van der Waals surface area contributed by atoms with Gasteiger partial charge in [-0.1, -0.05) is 67.6 Å². The van der Waals surface area contributed by atoms with Gasteiger partial charge in [0.05, 0.1) is 34.2 Å². The number of fused-ring (bicyclic) bond motifs is 4. The van der Waals surface area contributed by atoms with Crippen LogP contribution in [0.15, 0.2) is 109 Å². The van der Waals surface area contributed by atoms with Gasteiger partial charge in [0.1, 0.15) is 11.6 Å². The predicted octanol–water partition coefficient (Wildman–Crippen LogP) is 10.2. The summed E-state index contributed by atoms with van der Waals surface area (Å²) in [6.45, 7) is 5.59. The van der Waals surface area contributed by atoms with Crippen molar-refractivity contribution in [2.45, 2.75) is 51.2 Å². The van der Waals surface area contributed by atoms with Crippen LogP contribution < -0.4 is 10.6 Å². The molecule has 0 amide bonds.